The quantitative estimate of drug-likeness (QED) is 0.618. The molecule has 0 amide bonds. The Morgan fingerprint density at radius 3 is 2.56 bits per heavy atom. The molecule has 25 heavy (non-hydrogen) atoms. The molecule has 0 bridgehead atoms. The van der Waals surface area contributed by atoms with Gasteiger partial charge in [-0.1, -0.05) is 19.9 Å². The summed E-state index contributed by atoms with van der Waals surface area (Å²) in [6, 6.07) is 12.8. The van der Waals surface area contributed by atoms with E-state index in [1.165, 1.54) is 0 Å². The number of nitrogens with zero attached hydrogens (tertiary/aromatic N) is 2. The Morgan fingerprint density at radius 1 is 1.12 bits per heavy atom. The van der Waals surface area contributed by atoms with Gasteiger partial charge in [-0.25, -0.2) is 0 Å². The van der Waals surface area contributed by atoms with Crippen molar-refractivity contribution in [2.45, 2.75) is 19.3 Å². The van der Waals surface area contributed by atoms with Crippen LogP contribution in [0.4, 0.5) is 5.69 Å². The molecular weight excluding hydrogens is 312 g/mol. The largest absolute Gasteiger partial charge is 0.398 e. The Morgan fingerprint density at radius 2 is 1.88 bits per heavy atom. The molecule has 5 nitrogen and oxygen atoms in total. The molecule has 0 spiro atoms. The summed E-state index contributed by atoms with van der Waals surface area (Å²) in [5.41, 5.74) is 10.1. The predicted octanol–water partition coefficient (Wildman–Crippen LogP) is 3.36. The molecule has 0 fully saturated rings. The number of carbonyl (C=O) groups is 1. The fraction of sp³-hybridized carbons (Fsp3) is 0.150. The van der Waals surface area contributed by atoms with Gasteiger partial charge < -0.3 is 10.7 Å². The summed E-state index contributed by atoms with van der Waals surface area (Å²) in [4.78, 5) is 16.5. The molecule has 1 aromatic heterocycles. The summed E-state index contributed by atoms with van der Waals surface area (Å²) in [5.74, 6) is -0.114. The Bertz CT molecular complexity index is 1170. The summed E-state index contributed by atoms with van der Waals surface area (Å²) in [7, 11) is 0. The number of rotatable bonds is 0. The maximum atomic E-state index is 13.2. The molecular formula is C20H14N4O. The lowest BCUT2D eigenvalue weighted by atomic mass is 9.70. The molecule has 0 atom stereocenters. The van der Waals surface area contributed by atoms with E-state index in [1.54, 1.807) is 30.3 Å². The highest BCUT2D eigenvalue weighted by Gasteiger charge is 2.40. The van der Waals surface area contributed by atoms with Crippen molar-refractivity contribution in [2.24, 2.45) is 0 Å². The van der Waals surface area contributed by atoms with E-state index in [2.05, 4.69) is 17.1 Å². The first kappa shape index (κ1) is 15.0. The highest BCUT2D eigenvalue weighted by atomic mass is 16.1. The second-order valence-electron chi connectivity index (χ2n) is 6.80. The van der Waals surface area contributed by atoms with Gasteiger partial charge in [0.25, 0.3) is 0 Å². The van der Waals surface area contributed by atoms with Gasteiger partial charge in [-0.2, -0.15) is 10.5 Å². The van der Waals surface area contributed by atoms with Crippen LogP contribution >= 0.6 is 0 Å². The molecule has 0 radical (unpaired) electrons. The van der Waals surface area contributed by atoms with E-state index in [1.807, 2.05) is 13.8 Å². The van der Waals surface area contributed by atoms with Crippen LogP contribution < -0.4 is 5.73 Å². The molecule has 2 aromatic carbocycles. The van der Waals surface area contributed by atoms with Gasteiger partial charge >= 0.3 is 0 Å². The highest BCUT2D eigenvalue weighted by molar-refractivity contribution is 6.20. The number of benzene rings is 2. The van der Waals surface area contributed by atoms with Crippen LogP contribution in [-0.4, -0.2) is 10.8 Å². The van der Waals surface area contributed by atoms with Crippen molar-refractivity contribution in [3.8, 4) is 12.1 Å². The molecule has 3 aromatic rings. The number of nitrogens with one attached hydrogen (secondary N) is 1. The summed E-state index contributed by atoms with van der Waals surface area (Å²) in [5, 5.41) is 19.2. The Hall–Kier alpha value is -3.57. The minimum atomic E-state index is -0.496. The fourth-order valence-electron chi connectivity index (χ4n) is 3.66. The van der Waals surface area contributed by atoms with Gasteiger partial charge in [-0.05, 0) is 29.8 Å². The SMILES string of the molecule is CC1(C)c2cc(C#N)c(N)cc2C(=O)c2c1[nH]c1cc(C#N)ccc21. The van der Waals surface area contributed by atoms with Crippen LogP contribution in [0.2, 0.25) is 0 Å². The molecule has 0 saturated heterocycles. The lowest BCUT2D eigenvalue weighted by Gasteiger charge is -2.32. The van der Waals surface area contributed by atoms with Crippen molar-refractivity contribution in [3.05, 3.63) is 63.8 Å². The summed E-state index contributed by atoms with van der Waals surface area (Å²) in [6.07, 6.45) is 0. The Labute approximate surface area is 144 Å². The van der Waals surface area contributed by atoms with Gasteiger partial charge in [0, 0.05) is 27.6 Å². The average Bonchev–Trinajstić information content (AvgIpc) is 2.99. The third kappa shape index (κ3) is 1.84. The first-order valence-corrected chi connectivity index (χ1v) is 7.83. The number of aromatic amines is 1. The van der Waals surface area contributed by atoms with Crippen molar-refractivity contribution < 1.29 is 4.79 Å². The summed E-state index contributed by atoms with van der Waals surface area (Å²) in [6.45, 7) is 4.02. The number of nitriles is 2. The van der Waals surface area contributed by atoms with E-state index in [-0.39, 0.29) is 5.78 Å². The zero-order valence-corrected chi connectivity index (χ0v) is 13.8. The van der Waals surface area contributed by atoms with Crippen LogP contribution in [0.3, 0.4) is 0 Å². The van der Waals surface area contributed by atoms with Crippen molar-refractivity contribution >= 4 is 22.4 Å². The Kier molecular flexibility index (Phi) is 2.83. The monoisotopic (exact) mass is 326 g/mol. The van der Waals surface area contributed by atoms with E-state index < -0.39 is 5.41 Å². The van der Waals surface area contributed by atoms with Crippen LogP contribution in [0.1, 0.15) is 52.2 Å². The molecule has 0 aliphatic heterocycles. The number of hydrogen-bond acceptors (Lipinski definition) is 4. The molecule has 0 unspecified atom stereocenters. The smallest absolute Gasteiger partial charge is 0.195 e. The number of ketones is 1. The topological polar surface area (TPSA) is 106 Å². The maximum Gasteiger partial charge on any atom is 0.195 e. The number of anilines is 1. The number of nitrogen functional groups attached to an aromatic ring is 1. The van der Waals surface area contributed by atoms with Crippen molar-refractivity contribution in [1.82, 2.24) is 4.98 Å². The molecule has 3 N–H and O–H groups in total. The summed E-state index contributed by atoms with van der Waals surface area (Å²) < 4.78 is 0. The van der Waals surface area contributed by atoms with Crippen molar-refractivity contribution in [1.29, 1.82) is 10.5 Å². The lowest BCUT2D eigenvalue weighted by Crippen LogP contribution is -2.30. The van der Waals surface area contributed by atoms with Gasteiger partial charge in [0.15, 0.2) is 5.78 Å². The fourth-order valence-corrected chi connectivity index (χ4v) is 3.66. The number of carbonyl (C=O) groups excluding carboxylic acids is 1. The zero-order valence-electron chi connectivity index (χ0n) is 13.8. The van der Waals surface area contributed by atoms with E-state index in [0.29, 0.717) is 27.9 Å². The highest BCUT2D eigenvalue weighted by Crippen LogP contribution is 2.44. The van der Waals surface area contributed by atoms with Gasteiger partial charge in [0.05, 0.1) is 28.4 Å². The number of hydrogen-bond donors (Lipinski definition) is 2. The van der Waals surface area contributed by atoms with E-state index in [9.17, 15) is 10.1 Å². The normalized spacial score (nSPS) is 14.5. The van der Waals surface area contributed by atoms with Crippen LogP contribution in [0.5, 0.6) is 0 Å². The van der Waals surface area contributed by atoms with E-state index in [4.69, 9.17) is 11.0 Å². The van der Waals surface area contributed by atoms with E-state index >= 15 is 0 Å². The summed E-state index contributed by atoms with van der Waals surface area (Å²) >= 11 is 0. The zero-order chi connectivity index (χ0) is 17.9. The van der Waals surface area contributed by atoms with Gasteiger partial charge in [0.1, 0.15) is 6.07 Å². The third-order valence-corrected chi connectivity index (χ3v) is 5.01. The second kappa shape index (κ2) is 4.72. The number of aromatic nitrogens is 1. The van der Waals surface area contributed by atoms with Crippen LogP contribution in [-0.2, 0) is 5.41 Å². The standard InChI is InChI=1S/C20H14N4O/c1-20(2)14-6-11(9-22)15(23)7-13(14)18(25)17-12-4-3-10(8-21)5-16(12)24-19(17)20/h3-7,24H,23H2,1-2H3. The molecule has 1 aliphatic carbocycles. The first-order chi connectivity index (χ1) is 11.9. The number of nitrogens with two attached hydrogens (primary N) is 1. The van der Waals surface area contributed by atoms with Gasteiger partial charge in [-0.3, -0.25) is 4.79 Å². The van der Waals surface area contributed by atoms with Gasteiger partial charge in [-0.15, -0.1) is 0 Å². The molecule has 120 valence electrons. The first-order valence-electron chi connectivity index (χ1n) is 7.83. The van der Waals surface area contributed by atoms with Crippen LogP contribution in [0.25, 0.3) is 10.9 Å². The minimum absolute atomic E-state index is 0.114. The molecule has 5 heteroatoms. The molecule has 0 saturated carbocycles. The number of fused-ring (bicyclic) bond motifs is 4. The van der Waals surface area contributed by atoms with E-state index in [0.717, 1.165) is 22.2 Å². The Balaban J connectivity index is 2.09. The number of H-pyrrole nitrogens is 1. The van der Waals surface area contributed by atoms with Crippen molar-refractivity contribution in [3.63, 3.8) is 0 Å². The lowest BCUT2D eigenvalue weighted by molar-refractivity contribution is 0.103. The predicted molar refractivity (Wildman–Crippen MR) is 94.1 cm³/mol. The molecule has 1 aliphatic rings. The van der Waals surface area contributed by atoms with Crippen LogP contribution in [0, 0.1) is 22.7 Å². The van der Waals surface area contributed by atoms with Gasteiger partial charge in [0.2, 0.25) is 0 Å². The molecule has 4 rings (SSSR count). The minimum Gasteiger partial charge on any atom is -0.398 e. The molecule has 1 heterocycles. The van der Waals surface area contributed by atoms with Crippen LogP contribution in [0.15, 0.2) is 30.3 Å². The van der Waals surface area contributed by atoms with Crippen molar-refractivity contribution in [2.75, 3.05) is 5.73 Å². The third-order valence-electron chi connectivity index (χ3n) is 5.01. The average molecular weight is 326 g/mol. The second-order valence-corrected chi connectivity index (χ2v) is 6.80. The maximum absolute atomic E-state index is 13.2.